The monoisotopic (exact) mass is 579 g/mol. The zero-order valence-electron chi connectivity index (χ0n) is 21.1. The van der Waals surface area contributed by atoms with Gasteiger partial charge in [0.1, 0.15) is 18.4 Å². The van der Waals surface area contributed by atoms with Gasteiger partial charge in [0.2, 0.25) is 11.8 Å². The summed E-state index contributed by atoms with van der Waals surface area (Å²) >= 11 is 12.4. The van der Waals surface area contributed by atoms with E-state index >= 15 is 0 Å². The maximum Gasteiger partial charge on any atom is 0.264 e. The number of nitrogens with zero attached hydrogens (tertiary/aromatic N) is 2. The largest absolute Gasteiger partial charge is 0.352 e. The van der Waals surface area contributed by atoms with Crippen molar-refractivity contribution in [3.05, 3.63) is 94.2 Å². The van der Waals surface area contributed by atoms with Gasteiger partial charge < -0.3 is 10.2 Å². The SMILES string of the molecule is CC(C)NC(=O)[C@@H](C)N(Cc1ccc(Cl)cc1Cl)C(=O)CN(c1ccc(F)cc1)S(=O)(=O)c1ccccc1. The highest BCUT2D eigenvalue weighted by Crippen LogP contribution is 2.26. The maximum absolute atomic E-state index is 13.8. The van der Waals surface area contributed by atoms with Crippen molar-refractivity contribution in [2.24, 2.45) is 0 Å². The lowest BCUT2D eigenvalue weighted by Gasteiger charge is -2.32. The number of nitrogens with one attached hydrogen (secondary N) is 1. The lowest BCUT2D eigenvalue weighted by Crippen LogP contribution is -2.52. The van der Waals surface area contributed by atoms with Crippen LogP contribution in [0.2, 0.25) is 10.0 Å². The number of benzene rings is 3. The molecule has 2 amide bonds. The van der Waals surface area contributed by atoms with Gasteiger partial charge in [0, 0.05) is 22.6 Å². The van der Waals surface area contributed by atoms with E-state index in [4.69, 9.17) is 23.2 Å². The molecule has 0 aliphatic heterocycles. The molecule has 0 aliphatic rings. The van der Waals surface area contributed by atoms with E-state index in [1.807, 2.05) is 0 Å². The summed E-state index contributed by atoms with van der Waals surface area (Å²) in [6, 6.07) is 16.0. The highest BCUT2D eigenvalue weighted by atomic mass is 35.5. The van der Waals surface area contributed by atoms with E-state index in [1.165, 1.54) is 35.2 Å². The first-order chi connectivity index (χ1) is 17.9. The second-order valence-corrected chi connectivity index (χ2v) is 11.6. The third kappa shape index (κ3) is 7.24. The third-order valence-corrected chi connectivity index (χ3v) is 8.05. The third-order valence-electron chi connectivity index (χ3n) is 5.68. The summed E-state index contributed by atoms with van der Waals surface area (Å²) in [6.45, 7) is 4.40. The van der Waals surface area contributed by atoms with Crippen molar-refractivity contribution in [1.82, 2.24) is 10.2 Å². The van der Waals surface area contributed by atoms with Crippen LogP contribution in [-0.2, 0) is 26.2 Å². The van der Waals surface area contributed by atoms with Crippen molar-refractivity contribution < 1.29 is 22.4 Å². The number of rotatable bonds is 10. The zero-order chi connectivity index (χ0) is 28.0. The Hall–Kier alpha value is -3.14. The number of hydrogen-bond acceptors (Lipinski definition) is 4. The van der Waals surface area contributed by atoms with Gasteiger partial charge in [0.25, 0.3) is 10.0 Å². The molecule has 11 heteroatoms. The molecule has 0 saturated carbocycles. The Kier molecular flexibility index (Phi) is 9.76. The van der Waals surface area contributed by atoms with E-state index in [0.29, 0.717) is 15.6 Å². The average Bonchev–Trinajstić information content (AvgIpc) is 2.87. The van der Waals surface area contributed by atoms with Gasteiger partial charge in [0.15, 0.2) is 0 Å². The van der Waals surface area contributed by atoms with Gasteiger partial charge in [-0.2, -0.15) is 0 Å². The Labute approximate surface area is 232 Å². The molecule has 0 aliphatic carbocycles. The molecule has 0 aromatic heterocycles. The van der Waals surface area contributed by atoms with Gasteiger partial charge in [-0.1, -0.05) is 47.5 Å². The molecule has 1 atom stereocenters. The van der Waals surface area contributed by atoms with Gasteiger partial charge in [0.05, 0.1) is 10.6 Å². The lowest BCUT2D eigenvalue weighted by atomic mass is 10.1. The Morgan fingerprint density at radius 2 is 1.58 bits per heavy atom. The highest BCUT2D eigenvalue weighted by molar-refractivity contribution is 7.92. The van der Waals surface area contributed by atoms with E-state index in [0.717, 1.165) is 16.4 Å². The first-order valence-electron chi connectivity index (χ1n) is 11.8. The Morgan fingerprint density at radius 3 is 2.16 bits per heavy atom. The summed E-state index contributed by atoms with van der Waals surface area (Å²) in [5, 5.41) is 3.47. The fourth-order valence-electron chi connectivity index (χ4n) is 3.68. The molecular formula is C27H28Cl2FN3O4S. The number of anilines is 1. The molecule has 3 rings (SSSR count). The summed E-state index contributed by atoms with van der Waals surface area (Å²) in [7, 11) is -4.23. The van der Waals surface area contributed by atoms with E-state index in [2.05, 4.69) is 5.32 Å². The number of carbonyl (C=O) groups is 2. The number of hydrogen-bond donors (Lipinski definition) is 1. The molecule has 0 unspecified atom stereocenters. The summed E-state index contributed by atoms with van der Waals surface area (Å²) < 4.78 is 41.8. The molecule has 0 bridgehead atoms. The van der Waals surface area contributed by atoms with Crippen LogP contribution in [0.15, 0.2) is 77.7 Å². The second-order valence-electron chi connectivity index (χ2n) is 8.90. The molecule has 0 radical (unpaired) electrons. The van der Waals surface area contributed by atoms with Crippen molar-refractivity contribution in [3.8, 4) is 0 Å². The van der Waals surface area contributed by atoms with Gasteiger partial charge in [-0.05, 0) is 74.9 Å². The summed E-state index contributed by atoms with van der Waals surface area (Å²) in [4.78, 5) is 27.9. The van der Waals surface area contributed by atoms with E-state index in [9.17, 15) is 22.4 Å². The fraction of sp³-hybridized carbons (Fsp3) is 0.259. The zero-order valence-corrected chi connectivity index (χ0v) is 23.4. The minimum atomic E-state index is -4.23. The van der Waals surface area contributed by atoms with Crippen LogP contribution in [0.4, 0.5) is 10.1 Å². The van der Waals surface area contributed by atoms with Gasteiger partial charge in [-0.15, -0.1) is 0 Å². The predicted molar refractivity (Wildman–Crippen MR) is 147 cm³/mol. The van der Waals surface area contributed by atoms with Crippen molar-refractivity contribution in [2.75, 3.05) is 10.8 Å². The first-order valence-corrected chi connectivity index (χ1v) is 14.0. The first kappa shape index (κ1) is 29.4. The molecule has 202 valence electrons. The Morgan fingerprint density at radius 1 is 0.947 bits per heavy atom. The van der Waals surface area contributed by atoms with E-state index in [-0.39, 0.29) is 23.2 Å². The quantitative estimate of drug-likeness (QED) is 0.354. The van der Waals surface area contributed by atoms with Crippen molar-refractivity contribution in [1.29, 1.82) is 0 Å². The van der Waals surface area contributed by atoms with Crippen LogP contribution in [0.25, 0.3) is 0 Å². The molecule has 0 heterocycles. The number of sulfonamides is 1. The van der Waals surface area contributed by atoms with Crippen molar-refractivity contribution in [3.63, 3.8) is 0 Å². The Balaban J connectivity index is 2.03. The van der Waals surface area contributed by atoms with Crippen LogP contribution in [-0.4, -0.2) is 43.8 Å². The molecule has 38 heavy (non-hydrogen) atoms. The van der Waals surface area contributed by atoms with Crippen LogP contribution in [0.1, 0.15) is 26.3 Å². The number of halogens is 3. The van der Waals surface area contributed by atoms with E-state index < -0.39 is 40.2 Å². The summed E-state index contributed by atoms with van der Waals surface area (Å²) in [6.07, 6.45) is 0. The van der Waals surface area contributed by atoms with Crippen molar-refractivity contribution in [2.45, 2.75) is 44.3 Å². The van der Waals surface area contributed by atoms with Crippen LogP contribution >= 0.6 is 23.2 Å². The average molecular weight is 581 g/mol. The molecule has 3 aromatic rings. The van der Waals surface area contributed by atoms with Crippen molar-refractivity contribution >= 4 is 50.7 Å². The van der Waals surface area contributed by atoms with Crippen LogP contribution in [0, 0.1) is 5.82 Å². The smallest absolute Gasteiger partial charge is 0.264 e. The lowest BCUT2D eigenvalue weighted by molar-refractivity contribution is -0.139. The van der Waals surface area contributed by atoms with Crippen LogP contribution in [0.3, 0.4) is 0 Å². The molecule has 0 fully saturated rings. The predicted octanol–water partition coefficient (Wildman–Crippen LogP) is 5.27. The second kappa shape index (κ2) is 12.6. The molecule has 1 N–H and O–H groups in total. The fourth-order valence-corrected chi connectivity index (χ4v) is 5.58. The highest BCUT2D eigenvalue weighted by Gasteiger charge is 2.33. The van der Waals surface area contributed by atoms with E-state index in [1.54, 1.807) is 51.1 Å². The molecular weight excluding hydrogens is 552 g/mol. The molecule has 0 spiro atoms. The summed E-state index contributed by atoms with van der Waals surface area (Å²) in [5.41, 5.74) is 0.611. The normalized spacial score (nSPS) is 12.2. The topological polar surface area (TPSA) is 86.8 Å². The number of carbonyl (C=O) groups excluding carboxylic acids is 2. The minimum absolute atomic E-state index is 0.0463. The molecule has 3 aromatic carbocycles. The molecule has 0 saturated heterocycles. The van der Waals surface area contributed by atoms with Gasteiger partial charge >= 0.3 is 0 Å². The van der Waals surface area contributed by atoms with Gasteiger partial charge in [-0.25, -0.2) is 12.8 Å². The van der Waals surface area contributed by atoms with Crippen LogP contribution in [0.5, 0.6) is 0 Å². The van der Waals surface area contributed by atoms with Gasteiger partial charge in [-0.3, -0.25) is 13.9 Å². The molecule has 7 nitrogen and oxygen atoms in total. The minimum Gasteiger partial charge on any atom is -0.352 e. The maximum atomic E-state index is 13.8. The standard InChI is InChI=1S/C27H28Cl2FN3O4S/c1-18(2)31-27(35)19(3)32(16-20-9-10-21(28)15-25(20)29)26(34)17-33(23-13-11-22(30)12-14-23)38(36,37)24-7-5-4-6-8-24/h4-15,18-19H,16-17H2,1-3H3,(H,31,35)/t19-/m1/s1. The van der Waals surface area contributed by atoms with Crippen LogP contribution < -0.4 is 9.62 Å². The summed E-state index contributed by atoms with van der Waals surface area (Å²) in [5.74, 6) is -1.64. The number of amides is 2. The Bertz CT molecular complexity index is 1390.